The fourth-order valence-electron chi connectivity index (χ4n) is 1.77. The van der Waals surface area contributed by atoms with Crippen LogP contribution in [0.15, 0.2) is 18.2 Å². The number of rotatable bonds is 4. The van der Waals surface area contributed by atoms with Gasteiger partial charge >= 0.3 is 0 Å². The van der Waals surface area contributed by atoms with Crippen molar-refractivity contribution in [2.75, 3.05) is 14.2 Å². The fourth-order valence-corrected chi connectivity index (χ4v) is 2.62. The summed E-state index contributed by atoms with van der Waals surface area (Å²) in [5.41, 5.74) is 0.846. The van der Waals surface area contributed by atoms with Crippen LogP contribution in [0.3, 0.4) is 0 Å². The van der Waals surface area contributed by atoms with Crippen molar-refractivity contribution >= 4 is 22.9 Å². The van der Waals surface area contributed by atoms with Gasteiger partial charge in [-0.3, -0.25) is 14.9 Å². The van der Waals surface area contributed by atoms with Gasteiger partial charge in [0.1, 0.15) is 11.5 Å². The first kappa shape index (κ1) is 12.8. The minimum absolute atomic E-state index is 0.255. The van der Waals surface area contributed by atoms with E-state index in [4.69, 9.17) is 9.47 Å². The first-order valence-corrected chi connectivity index (χ1v) is 6.24. The molecule has 0 saturated carbocycles. The van der Waals surface area contributed by atoms with E-state index in [1.807, 2.05) is 6.07 Å². The number of benzene rings is 1. The Morgan fingerprint density at radius 1 is 1.28 bits per heavy atom. The molecule has 6 heteroatoms. The zero-order valence-electron chi connectivity index (χ0n) is 10.1. The number of carbonyl (C=O) groups excluding carboxylic acids is 2. The maximum absolute atomic E-state index is 11.5. The molecule has 0 spiro atoms. The topological polar surface area (TPSA) is 64.6 Å². The highest BCUT2D eigenvalue weighted by Gasteiger charge is 2.32. The lowest BCUT2D eigenvalue weighted by atomic mass is 10.1. The molecule has 1 aliphatic heterocycles. The highest BCUT2D eigenvalue weighted by atomic mass is 32.2. The number of amides is 2. The van der Waals surface area contributed by atoms with Crippen LogP contribution < -0.4 is 14.8 Å². The number of methoxy groups -OCH3 is 2. The van der Waals surface area contributed by atoms with Gasteiger partial charge in [-0.05, 0) is 30.2 Å². The highest BCUT2D eigenvalue weighted by molar-refractivity contribution is 8.15. The van der Waals surface area contributed by atoms with Crippen LogP contribution in [0.25, 0.3) is 0 Å². The molecule has 1 fully saturated rings. The van der Waals surface area contributed by atoms with Crippen LogP contribution in [-0.4, -0.2) is 30.6 Å². The third-order valence-electron chi connectivity index (χ3n) is 2.66. The minimum atomic E-state index is -0.404. The molecule has 2 amide bonds. The van der Waals surface area contributed by atoms with E-state index in [1.165, 1.54) is 0 Å². The third kappa shape index (κ3) is 2.59. The molecule has 1 heterocycles. The second kappa shape index (κ2) is 5.30. The Morgan fingerprint density at radius 3 is 2.61 bits per heavy atom. The van der Waals surface area contributed by atoms with Gasteiger partial charge in [-0.2, -0.15) is 0 Å². The van der Waals surface area contributed by atoms with Gasteiger partial charge in [0, 0.05) is 0 Å². The van der Waals surface area contributed by atoms with E-state index in [1.54, 1.807) is 26.4 Å². The van der Waals surface area contributed by atoms with Crippen LogP contribution in [0.4, 0.5) is 4.79 Å². The van der Waals surface area contributed by atoms with Crippen molar-refractivity contribution in [2.45, 2.75) is 11.7 Å². The van der Waals surface area contributed by atoms with Crippen molar-refractivity contribution in [3.05, 3.63) is 23.8 Å². The molecule has 0 aliphatic carbocycles. The second-order valence-corrected chi connectivity index (χ2v) is 4.94. The Bertz CT molecular complexity index is 489. The fraction of sp³-hybridized carbons (Fsp3) is 0.333. The number of hydrogen-bond donors (Lipinski definition) is 1. The Morgan fingerprint density at radius 2 is 2.06 bits per heavy atom. The number of nitrogens with one attached hydrogen (secondary N) is 1. The Labute approximate surface area is 109 Å². The van der Waals surface area contributed by atoms with Crippen LogP contribution >= 0.6 is 11.8 Å². The van der Waals surface area contributed by atoms with E-state index in [-0.39, 0.29) is 11.1 Å². The molecule has 1 aromatic carbocycles. The largest absolute Gasteiger partial charge is 0.497 e. The predicted molar refractivity (Wildman–Crippen MR) is 68.2 cm³/mol. The molecule has 1 aliphatic rings. The second-order valence-electron chi connectivity index (χ2n) is 3.77. The maximum Gasteiger partial charge on any atom is 0.286 e. The van der Waals surface area contributed by atoms with Crippen LogP contribution in [0.1, 0.15) is 5.56 Å². The van der Waals surface area contributed by atoms with Gasteiger partial charge in [0.2, 0.25) is 5.91 Å². The van der Waals surface area contributed by atoms with Crippen molar-refractivity contribution in [1.82, 2.24) is 5.32 Å². The summed E-state index contributed by atoms with van der Waals surface area (Å²) >= 11 is 1.01. The van der Waals surface area contributed by atoms with Crippen LogP contribution in [0.2, 0.25) is 0 Å². The lowest BCUT2D eigenvalue weighted by Gasteiger charge is -2.12. The Kier molecular flexibility index (Phi) is 3.76. The number of ether oxygens (including phenoxy) is 2. The summed E-state index contributed by atoms with van der Waals surface area (Å²) in [4.78, 5) is 22.6. The molecule has 0 aromatic heterocycles. The van der Waals surface area contributed by atoms with E-state index in [0.29, 0.717) is 17.9 Å². The molecule has 2 rings (SSSR count). The normalized spacial score (nSPS) is 18.7. The zero-order chi connectivity index (χ0) is 13.1. The molecule has 96 valence electrons. The molecule has 1 N–H and O–H groups in total. The molecule has 0 bridgehead atoms. The van der Waals surface area contributed by atoms with Gasteiger partial charge in [0.25, 0.3) is 5.24 Å². The van der Waals surface area contributed by atoms with Gasteiger partial charge in [-0.1, -0.05) is 11.8 Å². The van der Waals surface area contributed by atoms with Crippen molar-refractivity contribution in [3.8, 4) is 11.5 Å². The summed E-state index contributed by atoms with van der Waals surface area (Å²) in [5.74, 6) is 1.12. The zero-order valence-corrected chi connectivity index (χ0v) is 10.9. The molecule has 1 unspecified atom stereocenters. The summed E-state index contributed by atoms with van der Waals surface area (Å²) in [5, 5.41) is 1.56. The van der Waals surface area contributed by atoms with E-state index >= 15 is 0 Å². The van der Waals surface area contributed by atoms with E-state index in [0.717, 1.165) is 17.3 Å². The summed E-state index contributed by atoms with van der Waals surface area (Å²) in [6.45, 7) is 0. The van der Waals surface area contributed by atoms with Gasteiger partial charge in [0.05, 0.1) is 19.5 Å². The van der Waals surface area contributed by atoms with Crippen LogP contribution in [-0.2, 0) is 11.2 Å². The van der Waals surface area contributed by atoms with Gasteiger partial charge < -0.3 is 9.47 Å². The molecule has 18 heavy (non-hydrogen) atoms. The van der Waals surface area contributed by atoms with Crippen LogP contribution in [0.5, 0.6) is 11.5 Å². The molecular formula is C12H13NO4S. The van der Waals surface area contributed by atoms with Gasteiger partial charge in [0.15, 0.2) is 0 Å². The predicted octanol–water partition coefficient (Wildman–Crippen LogP) is 1.60. The quantitative estimate of drug-likeness (QED) is 0.897. The molecular weight excluding hydrogens is 254 g/mol. The average Bonchev–Trinajstić information content (AvgIpc) is 2.67. The molecule has 1 aromatic rings. The number of thioether (sulfide) groups is 1. The molecule has 0 radical (unpaired) electrons. The van der Waals surface area contributed by atoms with Crippen molar-refractivity contribution < 1.29 is 19.1 Å². The van der Waals surface area contributed by atoms with Crippen LogP contribution in [0, 0.1) is 0 Å². The molecule has 1 saturated heterocycles. The summed E-state index contributed by atoms with van der Waals surface area (Å²) in [7, 11) is 3.14. The van der Waals surface area contributed by atoms with E-state index in [9.17, 15) is 9.59 Å². The SMILES string of the molecule is COc1ccc(OC)c(CC2SC(=O)NC2=O)c1. The Balaban J connectivity index is 2.21. The number of hydrogen-bond acceptors (Lipinski definition) is 5. The summed E-state index contributed by atoms with van der Waals surface area (Å²) in [6, 6.07) is 5.39. The third-order valence-corrected chi connectivity index (χ3v) is 3.64. The average molecular weight is 267 g/mol. The van der Waals surface area contributed by atoms with Crippen molar-refractivity contribution in [1.29, 1.82) is 0 Å². The number of carbonyl (C=O) groups is 2. The standard InChI is InChI=1S/C12H13NO4S/c1-16-8-3-4-9(17-2)7(5-8)6-10-11(14)13-12(15)18-10/h3-5,10H,6H2,1-2H3,(H,13,14,15). The Hall–Kier alpha value is -1.69. The summed E-state index contributed by atoms with van der Waals surface area (Å²) < 4.78 is 10.4. The smallest absolute Gasteiger partial charge is 0.286 e. The van der Waals surface area contributed by atoms with Gasteiger partial charge in [-0.25, -0.2) is 0 Å². The molecule has 5 nitrogen and oxygen atoms in total. The van der Waals surface area contributed by atoms with Crippen molar-refractivity contribution in [3.63, 3.8) is 0 Å². The number of imide groups is 1. The first-order chi connectivity index (χ1) is 8.63. The molecule has 1 atom stereocenters. The monoisotopic (exact) mass is 267 g/mol. The van der Waals surface area contributed by atoms with E-state index in [2.05, 4.69) is 5.32 Å². The highest BCUT2D eigenvalue weighted by Crippen LogP contribution is 2.29. The van der Waals surface area contributed by atoms with E-state index < -0.39 is 5.25 Å². The maximum atomic E-state index is 11.5. The first-order valence-electron chi connectivity index (χ1n) is 5.36. The summed E-state index contributed by atoms with van der Waals surface area (Å²) in [6.07, 6.45) is 0.433. The van der Waals surface area contributed by atoms with Gasteiger partial charge in [-0.15, -0.1) is 0 Å². The lowest BCUT2D eigenvalue weighted by molar-refractivity contribution is -0.118. The minimum Gasteiger partial charge on any atom is -0.497 e. The van der Waals surface area contributed by atoms with Crippen molar-refractivity contribution in [2.24, 2.45) is 0 Å². The lowest BCUT2D eigenvalue weighted by Crippen LogP contribution is -2.25.